The van der Waals surface area contributed by atoms with Gasteiger partial charge in [-0.1, -0.05) is 121 Å². The average molecular weight is 873 g/mol. The van der Waals surface area contributed by atoms with Crippen LogP contribution in [-0.4, -0.2) is 72.2 Å². The van der Waals surface area contributed by atoms with Gasteiger partial charge in [-0.2, -0.15) is 0 Å². The number of urea groups is 2. The summed E-state index contributed by atoms with van der Waals surface area (Å²) in [5.41, 5.74) is 6.76. The molecule has 6 N–H and O–H groups in total. The minimum absolute atomic E-state index is 0.00466. The molecule has 330 valence electrons. The molecule has 65 heavy (non-hydrogen) atoms. The number of nitrogens with two attached hydrogens (primary N) is 1. The van der Waals surface area contributed by atoms with Crippen LogP contribution in [0.5, 0.6) is 5.75 Å². The number of fused-ring (bicyclic) bond motifs is 3. The van der Waals surface area contributed by atoms with Crippen molar-refractivity contribution in [3.8, 4) is 17.6 Å². The summed E-state index contributed by atoms with van der Waals surface area (Å²) in [7, 11) is 0. The van der Waals surface area contributed by atoms with Crippen molar-refractivity contribution in [3.05, 3.63) is 179 Å². The Kier molecular flexibility index (Phi) is 12.8. The topological polar surface area (TPSA) is 193 Å². The number of imide groups is 1. The molecule has 0 bridgehead atoms. The van der Waals surface area contributed by atoms with Gasteiger partial charge < -0.3 is 36.3 Å². The molecule has 0 radical (unpaired) electrons. The predicted octanol–water partition coefficient (Wildman–Crippen LogP) is 5.52. The van der Waals surface area contributed by atoms with Crippen LogP contribution in [0.1, 0.15) is 64.5 Å². The number of nitrogens with one attached hydrogen (secondary N) is 3. The molecule has 5 aromatic carbocycles. The second kappa shape index (κ2) is 18.9. The summed E-state index contributed by atoms with van der Waals surface area (Å²) in [4.78, 5) is 76.3. The summed E-state index contributed by atoms with van der Waals surface area (Å²) in [5, 5.41) is 18.1. The van der Waals surface area contributed by atoms with E-state index in [4.69, 9.17) is 15.2 Å². The Balaban J connectivity index is 1.44. The standard InChI is InChI=1S/C51H48N6O8/c1-3-26-53-46(59)41-43-47(60)65-44(36-20-11-6-12-21-36)42(35-18-9-5-10-19-35)57(43)45(37-22-13-23-38(31-37)64-29-28-58)51(41)39-30-33(15-14-27-54-49(52)62)24-25-40(39)56(48(51)61)50(63)55-32(2)34-16-7-4-8-17-34/h3-13,16-25,30-32,41-45,58H,1,26-29H2,2H3,(H,53,59)(H,55,63)(H3,52,54,62)/t32-,41-,42-,43-,44+,45+,51-/m1/s1. The number of anilines is 1. The monoisotopic (exact) mass is 872 g/mol. The number of rotatable bonds is 12. The van der Waals surface area contributed by atoms with E-state index in [1.807, 2.05) is 95.9 Å². The van der Waals surface area contributed by atoms with E-state index in [-0.39, 0.29) is 37.6 Å². The molecule has 0 aromatic heterocycles. The lowest BCUT2D eigenvalue weighted by atomic mass is 9.65. The van der Waals surface area contributed by atoms with E-state index in [9.17, 15) is 14.7 Å². The normalized spacial score (nSPS) is 22.4. The third kappa shape index (κ3) is 8.19. The van der Waals surface area contributed by atoms with Crippen molar-refractivity contribution < 1.29 is 38.6 Å². The first-order valence-electron chi connectivity index (χ1n) is 21.3. The van der Waals surface area contributed by atoms with Crippen LogP contribution in [0.15, 0.2) is 146 Å². The highest BCUT2D eigenvalue weighted by molar-refractivity contribution is 6.24. The zero-order chi connectivity index (χ0) is 45.7. The first kappa shape index (κ1) is 43.9. The van der Waals surface area contributed by atoms with E-state index in [2.05, 4.69) is 34.4 Å². The number of cyclic esters (lactones) is 1. The van der Waals surface area contributed by atoms with Gasteiger partial charge in [0.15, 0.2) is 0 Å². The lowest BCUT2D eigenvalue weighted by Gasteiger charge is -2.46. The Morgan fingerprint density at radius 3 is 2.23 bits per heavy atom. The summed E-state index contributed by atoms with van der Waals surface area (Å²) in [6.45, 7) is 5.22. The molecule has 6 amide bonds. The van der Waals surface area contributed by atoms with Crippen LogP contribution < -0.4 is 31.3 Å². The highest BCUT2D eigenvalue weighted by Gasteiger charge is 2.75. The first-order valence-corrected chi connectivity index (χ1v) is 21.3. The number of primary amides is 1. The number of aliphatic hydroxyl groups is 1. The van der Waals surface area contributed by atoms with Gasteiger partial charge in [-0.25, -0.2) is 14.5 Å². The summed E-state index contributed by atoms with van der Waals surface area (Å²) in [6.07, 6.45) is 0.569. The Labute approximate surface area is 376 Å². The Morgan fingerprint density at radius 1 is 0.877 bits per heavy atom. The van der Waals surface area contributed by atoms with Gasteiger partial charge in [0, 0.05) is 12.1 Å². The number of benzene rings is 5. The van der Waals surface area contributed by atoms with Gasteiger partial charge in [0.1, 0.15) is 29.9 Å². The minimum Gasteiger partial charge on any atom is -0.491 e. The van der Waals surface area contributed by atoms with E-state index in [1.54, 1.807) is 49.4 Å². The maximum Gasteiger partial charge on any atom is 0.329 e. The Bertz CT molecular complexity index is 2670. The maximum absolute atomic E-state index is 16.4. The summed E-state index contributed by atoms with van der Waals surface area (Å²) in [6, 6.07) is 34.4. The number of carbonyl (C=O) groups is 5. The fraction of sp³-hybridized carbons (Fsp3) is 0.235. The van der Waals surface area contributed by atoms with E-state index in [1.165, 1.54) is 6.08 Å². The number of ether oxygens (including phenoxy) is 2. The quantitative estimate of drug-likeness (QED) is 0.0611. The number of hydrogen-bond donors (Lipinski definition) is 5. The Morgan fingerprint density at radius 2 is 1.55 bits per heavy atom. The van der Waals surface area contributed by atoms with Crippen molar-refractivity contribution in [3.63, 3.8) is 0 Å². The molecule has 8 rings (SSSR count). The number of aliphatic hydroxyl groups excluding tert-OH is 1. The van der Waals surface area contributed by atoms with E-state index in [0.29, 0.717) is 22.4 Å². The molecule has 14 nitrogen and oxygen atoms in total. The number of morpholine rings is 1. The SMILES string of the molecule is C=CCNC(=O)[C@H]1[C@@H]2C(=O)O[C@@H](c3ccccc3)[C@@H](c3ccccc3)N2[C@@H](c2cccc(OCCO)c2)[C@]12C(=O)N(C(=O)N[C@H](C)c1ccccc1)c1ccc(C#CCNC(N)=O)cc12. The van der Waals surface area contributed by atoms with Gasteiger partial charge in [-0.3, -0.25) is 19.3 Å². The van der Waals surface area contributed by atoms with Crippen molar-refractivity contribution in [1.82, 2.24) is 20.9 Å². The fourth-order valence-electron chi connectivity index (χ4n) is 9.56. The molecule has 3 heterocycles. The van der Waals surface area contributed by atoms with Gasteiger partial charge in [0.05, 0.1) is 42.9 Å². The molecule has 14 heteroatoms. The van der Waals surface area contributed by atoms with Crippen molar-refractivity contribution in [2.45, 2.75) is 42.6 Å². The second-order valence-electron chi connectivity index (χ2n) is 15.9. The van der Waals surface area contributed by atoms with Crippen molar-refractivity contribution in [1.29, 1.82) is 0 Å². The molecule has 0 saturated carbocycles. The summed E-state index contributed by atoms with van der Waals surface area (Å²) >= 11 is 0. The van der Waals surface area contributed by atoms with Crippen LogP contribution >= 0.6 is 0 Å². The molecule has 2 fully saturated rings. The third-order valence-electron chi connectivity index (χ3n) is 12.1. The summed E-state index contributed by atoms with van der Waals surface area (Å²) in [5.74, 6) is 2.58. The largest absolute Gasteiger partial charge is 0.491 e. The highest BCUT2D eigenvalue weighted by Crippen LogP contribution is 2.66. The van der Waals surface area contributed by atoms with Crippen LogP contribution in [0.3, 0.4) is 0 Å². The number of esters is 1. The number of nitrogens with zero attached hydrogens (tertiary/aromatic N) is 2. The molecular formula is C51H48N6O8. The van der Waals surface area contributed by atoms with Crippen molar-refractivity contribution in [2.24, 2.45) is 11.7 Å². The average Bonchev–Trinajstić information content (AvgIpc) is 3.78. The first-order chi connectivity index (χ1) is 31.6. The van der Waals surface area contributed by atoms with Crippen LogP contribution in [-0.2, 0) is 24.5 Å². The Hall–Kier alpha value is -7.73. The fourth-order valence-corrected chi connectivity index (χ4v) is 9.56. The zero-order valence-corrected chi connectivity index (χ0v) is 35.6. The van der Waals surface area contributed by atoms with E-state index in [0.717, 1.165) is 16.0 Å². The van der Waals surface area contributed by atoms with Crippen LogP contribution in [0.25, 0.3) is 0 Å². The summed E-state index contributed by atoms with van der Waals surface area (Å²) < 4.78 is 12.5. The van der Waals surface area contributed by atoms with Gasteiger partial charge >= 0.3 is 18.0 Å². The molecule has 1 spiro atoms. The molecule has 3 aliphatic heterocycles. The molecule has 0 aliphatic carbocycles. The van der Waals surface area contributed by atoms with Gasteiger partial charge in [-0.05, 0) is 65.1 Å². The zero-order valence-electron chi connectivity index (χ0n) is 35.6. The van der Waals surface area contributed by atoms with Gasteiger partial charge in [0.2, 0.25) is 11.8 Å². The smallest absolute Gasteiger partial charge is 0.329 e. The molecule has 7 atom stereocenters. The lowest BCUT2D eigenvalue weighted by molar-refractivity contribution is -0.178. The van der Waals surface area contributed by atoms with Crippen LogP contribution in [0.4, 0.5) is 15.3 Å². The highest BCUT2D eigenvalue weighted by atomic mass is 16.6. The van der Waals surface area contributed by atoms with Gasteiger partial charge in [-0.15, -0.1) is 6.58 Å². The molecule has 2 saturated heterocycles. The van der Waals surface area contributed by atoms with E-state index >= 15 is 14.4 Å². The maximum atomic E-state index is 16.4. The lowest BCUT2D eigenvalue weighted by Crippen LogP contribution is -2.56. The van der Waals surface area contributed by atoms with Crippen molar-refractivity contribution in [2.75, 3.05) is 31.2 Å². The predicted molar refractivity (Wildman–Crippen MR) is 242 cm³/mol. The second-order valence-corrected chi connectivity index (χ2v) is 15.9. The minimum atomic E-state index is -2.05. The molecule has 0 unspecified atom stereocenters. The van der Waals surface area contributed by atoms with E-state index < -0.39 is 71.5 Å². The molecule has 5 aromatic rings. The molecule has 3 aliphatic rings. The number of hydrogen-bond acceptors (Lipinski definition) is 9. The molecular weight excluding hydrogens is 825 g/mol. The number of amides is 6. The van der Waals surface area contributed by atoms with Gasteiger partial charge in [0.25, 0.3) is 0 Å². The van der Waals surface area contributed by atoms with Crippen LogP contribution in [0, 0.1) is 17.8 Å². The van der Waals surface area contributed by atoms with Crippen LogP contribution in [0.2, 0.25) is 0 Å². The number of carbonyl (C=O) groups excluding carboxylic acids is 5. The third-order valence-corrected chi connectivity index (χ3v) is 12.1. The van der Waals surface area contributed by atoms with Crippen molar-refractivity contribution >= 4 is 35.5 Å².